The van der Waals surface area contributed by atoms with Gasteiger partial charge in [-0.3, -0.25) is 14.2 Å². The lowest BCUT2D eigenvalue weighted by molar-refractivity contribution is 0.463. The highest BCUT2D eigenvalue weighted by molar-refractivity contribution is 7.84. The molecule has 2 aromatic heterocycles. The molecule has 2 aromatic rings. The number of hydrogen-bond acceptors (Lipinski definition) is 4. The fourth-order valence-electron chi connectivity index (χ4n) is 1.72. The molecule has 1 aliphatic heterocycles. The minimum Gasteiger partial charge on any atom is -0.453 e. The Morgan fingerprint density at radius 3 is 2.84 bits per heavy atom. The van der Waals surface area contributed by atoms with Crippen LogP contribution in [-0.4, -0.2) is 14.2 Å². The Labute approximate surface area is 115 Å². The van der Waals surface area contributed by atoms with Gasteiger partial charge >= 0.3 is 0 Å². The van der Waals surface area contributed by atoms with Crippen molar-refractivity contribution in [2.45, 2.75) is 31.4 Å². The summed E-state index contributed by atoms with van der Waals surface area (Å²) in [5, 5.41) is 0. The molecule has 3 rings (SSSR count). The number of hydrogen-bond donors (Lipinski definition) is 0. The second-order valence-corrected chi connectivity index (χ2v) is 5.23. The first-order valence-corrected chi connectivity index (χ1v) is 7.53. The van der Waals surface area contributed by atoms with E-state index in [4.69, 9.17) is 4.74 Å². The van der Waals surface area contributed by atoms with E-state index in [1.54, 1.807) is 24.5 Å². The van der Waals surface area contributed by atoms with Gasteiger partial charge in [-0.2, -0.15) is 0 Å². The van der Waals surface area contributed by atoms with E-state index in [2.05, 4.69) is 9.97 Å². The zero-order chi connectivity index (χ0) is 13.8. The lowest BCUT2D eigenvalue weighted by Crippen LogP contribution is -1.97. The lowest BCUT2D eigenvalue weighted by Gasteiger charge is -2.06. The highest BCUT2D eigenvalue weighted by atomic mass is 32.2. The van der Waals surface area contributed by atoms with Gasteiger partial charge in [-0.15, -0.1) is 0 Å². The van der Waals surface area contributed by atoms with E-state index in [1.165, 1.54) is 0 Å². The first-order chi connectivity index (χ1) is 9.24. The van der Waals surface area contributed by atoms with Crippen LogP contribution in [0.25, 0.3) is 0 Å². The Balaban J connectivity index is 0.000000637. The van der Waals surface area contributed by atoms with Crippen LogP contribution in [0.2, 0.25) is 0 Å². The van der Waals surface area contributed by atoms with Crippen LogP contribution in [0.15, 0.2) is 35.5 Å². The molecule has 4 nitrogen and oxygen atoms in total. The predicted octanol–water partition coefficient (Wildman–Crippen LogP) is 3.22. The average molecular weight is 276 g/mol. The molecule has 0 saturated heterocycles. The van der Waals surface area contributed by atoms with Gasteiger partial charge < -0.3 is 4.74 Å². The van der Waals surface area contributed by atoms with Crippen molar-refractivity contribution in [2.24, 2.45) is 0 Å². The fourth-order valence-corrected chi connectivity index (χ4v) is 2.96. The van der Waals surface area contributed by atoms with Crippen molar-refractivity contribution < 1.29 is 8.95 Å². The van der Waals surface area contributed by atoms with Gasteiger partial charge in [0.2, 0.25) is 0 Å². The highest BCUT2D eigenvalue weighted by Crippen LogP contribution is 2.34. The number of ether oxygens (including phenoxy) is 1. The molecular formula is C14H16N2O2S. The number of aryl methyl sites for hydroxylation is 1. The van der Waals surface area contributed by atoms with Crippen molar-refractivity contribution in [2.75, 3.05) is 0 Å². The summed E-state index contributed by atoms with van der Waals surface area (Å²) in [6.07, 6.45) is 3.30. The van der Waals surface area contributed by atoms with Crippen LogP contribution in [0.1, 0.15) is 25.2 Å². The molecule has 0 spiro atoms. The molecule has 1 unspecified atom stereocenters. The van der Waals surface area contributed by atoms with E-state index in [1.807, 2.05) is 26.8 Å². The minimum absolute atomic E-state index is 0.382. The molecule has 0 aliphatic carbocycles. The van der Waals surface area contributed by atoms with Gasteiger partial charge in [-0.05, 0) is 25.1 Å². The van der Waals surface area contributed by atoms with Crippen molar-refractivity contribution in [3.8, 4) is 11.5 Å². The van der Waals surface area contributed by atoms with Crippen LogP contribution in [0.3, 0.4) is 0 Å². The van der Waals surface area contributed by atoms with Crippen molar-refractivity contribution in [3.05, 3.63) is 42.0 Å². The van der Waals surface area contributed by atoms with E-state index in [9.17, 15) is 4.21 Å². The zero-order valence-electron chi connectivity index (χ0n) is 11.2. The van der Waals surface area contributed by atoms with Crippen LogP contribution in [0, 0.1) is 6.92 Å². The standard InChI is InChI=1S/C12H10N2O2S.C2H6/c1-8-5-12-11(6-14-8)16-10-3-2-4-13-9(10)7-17(12)15;1-2/h2-6H,7H2,1H3;1-2H3. The van der Waals surface area contributed by atoms with Gasteiger partial charge in [0.1, 0.15) is 5.75 Å². The molecule has 0 saturated carbocycles. The Hall–Kier alpha value is -1.75. The van der Waals surface area contributed by atoms with E-state index in [0.29, 0.717) is 22.1 Å². The fraction of sp³-hybridized carbons (Fsp3) is 0.286. The molecule has 1 atom stereocenters. The summed E-state index contributed by atoms with van der Waals surface area (Å²) in [6.45, 7) is 5.87. The van der Waals surface area contributed by atoms with Gasteiger partial charge in [-0.1, -0.05) is 13.8 Å². The molecule has 5 heteroatoms. The van der Waals surface area contributed by atoms with Gasteiger partial charge in [-0.25, -0.2) is 0 Å². The molecule has 1 aliphatic rings. The summed E-state index contributed by atoms with van der Waals surface area (Å²) in [7, 11) is -1.13. The smallest absolute Gasteiger partial charge is 0.161 e. The molecular weight excluding hydrogens is 260 g/mol. The number of fused-ring (bicyclic) bond motifs is 2. The van der Waals surface area contributed by atoms with Crippen LogP contribution in [0.4, 0.5) is 0 Å². The van der Waals surface area contributed by atoms with E-state index in [0.717, 1.165) is 11.4 Å². The molecule has 100 valence electrons. The third kappa shape index (κ3) is 2.81. The van der Waals surface area contributed by atoms with E-state index < -0.39 is 10.8 Å². The molecule has 3 heterocycles. The molecule has 0 fully saturated rings. The number of pyridine rings is 2. The molecule has 0 bridgehead atoms. The third-order valence-electron chi connectivity index (χ3n) is 2.55. The Morgan fingerprint density at radius 2 is 2.05 bits per heavy atom. The van der Waals surface area contributed by atoms with Gasteiger partial charge in [0.15, 0.2) is 5.75 Å². The second-order valence-electron chi connectivity index (χ2n) is 3.81. The Morgan fingerprint density at radius 1 is 1.26 bits per heavy atom. The van der Waals surface area contributed by atoms with Crippen molar-refractivity contribution in [1.29, 1.82) is 0 Å². The average Bonchev–Trinajstić information content (AvgIpc) is 2.58. The summed E-state index contributed by atoms with van der Waals surface area (Å²) >= 11 is 0. The number of nitrogens with zero attached hydrogens (tertiary/aromatic N) is 2. The van der Waals surface area contributed by atoms with Crippen molar-refractivity contribution in [1.82, 2.24) is 9.97 Å². The Kier molecular flexibility index (Phi) is 4.27. The van der Waals surface area contributed by atoms with Gasteiger partial charge in [0.25, 0.3) is 0 Å². The van der Waals surface area contributed by atoms with Crippen LogP contribution in [0.5, 0.6) is 11.5 Å². The van der Waals surface area contributed by atoms with Gasteiger partial charge in [0.05, 0.1) is 33.3 Å². The largest absolute Gasteiger partial charge is 0.453 e. The summed E-state index contributed by atoms with van der Waals surface area (Å²) in [6, 6.07) is 5.43. The molecule has 0 amide bonds. The normalized spacial score (nSPS) is 16.1. The maximum atomic E-state index is 12.2. The summed E-state index contributed by atoms with van der Waals surface area (Å²) in [5.74, 6) is 1.60. The SMILES string of the molecule is CC.Cc1cc2c(cn1)Oc1cccnc1CS2=O. The topological polar surface area (TPSA) is 52.1 Å². The van der Waals surface area contributed by atoms with Crippen molar-refractivity contribution in [3.63, 3.8) is 0 Å². The molecule has 0 radical (unpaired) electrons. The van der Waals surface area contributed by atoms with E-state index >= 15 is 0 Å². The minimum atomic E-state index is -1.13. The maximum Gasteiger partial charge on any atom is 0.161 e. The number of aromatic nitrogens is 2. The highest BCUT2D eigenvalue weighted by Gasteiger charge is 2.21. The lowest BCUT2D eigenvalue weighted by atomic mass is 10.3. The molecule has 0 aromatic carbocycles. The first kappa shape index (κ1) is 13.7. The quantitative estimate of drug-likeness (QED) is 0.741. The Bertz CT molecular complexity index is 614. The second kappa shape index (κ2) is 5.93. The van der Waals surface area contributed by atoms with Crippen LogP contribution < -0.4 is 4.74 Å². The maximum absolute atomic E-state index is 12.2. The molecule has 0 N–H and O–H groups in total. The van der Waals surface area contributed by atoms with Crippen molar-refractivity contribution >= 4 is 10.8 Å². The third-order valence-corrected chi connectivity index (χ3v) is 3.89. The summed E-state index contributed by atoms with van der Waals surface area (Å²) in [4.78, 5) is 9.05. The summed E-state index contributed by atoms with van der Waals surface area (Å²) in [5.41, 5.74) is 1.55. The zero-order valence-corrected chi connectivity index (χ0v) is 12.0. The predicted molar refractivity (Wildman–Crippen MR) is 74.7 cm³/mol. The van der Waals surface area contributed by atoms with Gasteiger partial charge in [0, 0.05) is 11.9 Å². The summed E-state index contributed by atoms with van der Waals surface area (Å²) < 4.78 is 17.9. The van der Waals surface area contributed by atoms with E-state index in [-0.39, 0.29) is 0 Å². The molecule has 19 heavy (non-hydrogen) atoms. The number of rotatable bonds is 0. The first-order valence-electron chi connectivity index (χ1n) is 6.21. The van der Waals surface area contributed by atoms with Crippen LogP contribution >= 0.6 is 0 Å². The van der Waals surface area contributed by atoms with Crippen LogP contribution in [-0.2, 0) is 16.6 Å². The monoisotopic (exact) mass is 276 g/mol.